The lowest BCUT2D eigenvalue weighted by Gasteiger charge is -2.24. The van der Waals surface area contributed by atoms with Gasteiger partial charge >= 0.3 is 0 Å². The highest BCUT2D eigenvalue weighted by Crippen LogP contribution is 2.36. The van der Waals surface area contributed by atoms with Gasteiger partial charge in [0.2, 0.25) is 0 Å². The van der Waals surface area contributed by atoms with Crippen molar-refractivity contribution in [2.24, 2.45) is 4.99 Å². The van der Waals surface area contributed by atoms with E-state index in [-0.39, 0.29) is 24.0 Å². The summed E-state index contributed by atoms with van der Waals surface area (Å²) in [5, 5.41) is 6.78. The zero-order chi connectivity index (χ0) is 15.7. The number of nitrogens with zero attached hydrogens (tertiary/aromatic N) is 1. The molecule has 1 atom stereocenters. The molecule has 1 saturated heterocycles. The molecular weight excluding hydrogens is 421 g/mol. The maximum atomic E-state index is 5.68. The standard InChI is InChI=1S/C17H27N3OS.HI/c1-17(10-6-13-22-17)14-20-16(18-2)19-11-7-12-21-15-8-4-3-5-9-15;/h3-5,8-9H,6-7,10-14H2,1-2H3,(H2,18,19,20);1H. The number of thioether (sulfide) groups is 1. The maximum Gasteiger partial charge on any atom is 0.191 e. The quantitative estimate of drug-likeness (QED) is 0.290. The first-order valence-electron chi connectivity index (χ1n) is 7.98. The van der Waals surface area contributed by atoms with Crippen molar-refractivity contribution < 1.29 is 4.74 Å². The fourth-order valence-electron chi connectivity index (χ4n) is 2.45. The highest BCUT2D eigenvalue weighted by atomic mass is 127. The van der Waals surface area contributed by atoms with Crippen molar-refractivity contribution in [2.75, 3.05) is 32.5 Å². The second-order valence-corrected chi connectivity index (χ2v) is 7.45. The van der Waals surface area contributed by atoms with E-state index in [1.165, 1.54) is 18.6 Å². The molecule has 23 heavy (non-hydrogen) atoms. The van der Waals surface area contributed by atoms with Crippen LogP contribution >= 0.6 is 35.7 Å². The molecule has 0 bridgehead atoms. The van der Waals surface area contributed by atoms with E-state index >= 15 is 0 Å². The van der Waals surface area contributed by atoms with Crippen LogP contribution in [0.3, 0.4) is 0 Å². The number of para-hydroxylation sites is 1. The topological polar surface area (TPSA) is 45.7 Å². The van der Waals surface area contributed by atoms with E-state index < -0.39 is 0 Å². The van der Waals surface area contributed by atoms with Gasteiger partial charge in [-0.2, -0.15) is 11.8 Å². The molecule has 6 heteroatoms. The summed E-state index contributed by atoms with van der Waals surface area (Å²) in [5.74, 6) is 3.09. The molecule has 130 valence electrons. The molecule has 1 aliphatic rings. The van der Waals surface area contributed by atoms with Gasteiger partial charge in [-0.1, -0.05) is 18.2 Å². The summed E-state index contributed by atoms with van der Waals surface area (Å²) in [5.41, 5.74) is 0. The molecule has 0 aliphatic carbocycles. The summed E-state index contributed by atoms with van der Waals surface area (Å²) in [4.78, 5) is 4.28. The molecule has 1 unspecified atom stereocenters. The number of rotatable bonds is 7. The van der Waals surface area contributed by atoms with E-state index in [0.29, 0.717) is 11.4 Å². The predicted molar refractivity (Wildman–Crippen MR) is 111 cm³/mol. The Kier molecular flexibility index (Phi) is 9.78. The van der Waals surface area contributed by atoms with Gasteiger partial charge in [-0.3, -0.25) is 4.99 Å². The molecule has 1 heterocycles. The minimum absolute atomic E-state index is 0. The number of nitrogens with one attached hydrogen (secondary N) is 2. The lowest BCUT2D eigenvalue weighted by atomic mass is 10.1. The van der Waals surface area contributed by atoms with Crippen molar-refractivity contribution in [1.29, 1.82) is 0 Å². The third-order valence-corrected chi connectivity index (χ3v) is 5.32. The number of benzene rings is 1. The Bertz CT molecular complexity index is 464. The smallest absolute Gasteiger partial charge is 0.191 e. The highest BCUT2D eigenvalue weighted by molar-refractivity contribution is 14.0. The molecule has 0 spiro atoms. The first-order chi connectivity index (χ1) is 10.7. The predicted octanol–water partition coefficient (Wildman–Crippen LogP) is 3.52. The van der Waals surface area contributed by atoms with Gasteiger partial charge in [0.1, 0.15) is 5.75 Å². The first kappa shape index (κ1) is 20.4. The van der Waals surface area contributed by atoms with Crippen LogP contribution < -0.4 is 15.4 Å². The van der Waals surface area contributed by atoms with E-state index in [0.717, 1.165) is 31.2 Å². The molecule has 2 rings (SSSR count). The number of hydrogen-bond acceptors (Lipinski definition) is 3. The number of aliphatic imine (C=N–C) groups is 1. The van der Waals surface area contributed by atoms with E-state index in [2.05, 4.69) is 34.3 Å². The van der Waals surface area contributed by atoms with Crippen LogP contribution in [0.1, 0.15) is 26.2 Å². The van der Waals surface area contributed by atoms with Crippen LogP contribution in [-0.2, 0) is 0 Å². The number of halogens is 1. The Morgan fingerprint density at radius 3 is 2.74 bits per heavy atom. The molecule has 1 aromatic carbocycles. The van der Waals surface area contributed by atoms with Crippen molar-refractivity contribution in [3.8, 4) is 5.75 Å². The summed E-state index contributed by atoms with van der Waals surface area (Å²) >= 11 is 2.06. The van der Waals surface area contributed by atoms with Crippen LogP contribution in [0.2, 0.25) is 0 Å². The second kappa shape index (κ2) is 11.0. The van der Waals surface area contributed by atoms with Crippen LogP contribution in [0.4, 0.5) is 0 Å². The Labute approximate surface area is 161 Å². The van der Waals surface area contributed by atoms with Crippen molar-refractivity contribution >= 4 is 41.7 Å². The molecule has 2 N–H and O–H groups in total. The number of hydrogen-bond donors (Lipinski definition) is 2. The number of guanidine groups is 1. The molecule has 0 radical (unpaired) electrons. The molecule has 0 aromatic heterocycles. The Hall–Kier alpha value is -0.630. The van der Waals surface area contributed by atoms with Gasteiger partial charge in [-0.05, 0) is 44.1 Å². The molecule has 1 aromatic rings. The van der Waals surface area contributed by atoms with Gasteiger partial charge in [-0.15, -0.1) is 24.0 Å². The largest absolute Gasteiger partial charge is 0.494 e. The molecular formula is C17H28IN3OS. The van der Waals surface area contributed by atoms with Crippen LogP contribution in [0.25, 0.3) is 0 Å². The zero-order valence-corrected chi connectivity index (χ0v) is 17.2. The average molecular weight is 449 g/mol. The van der Waals surface area contributed by atoms with E-state index in [1.807, 2.05) is 37.4 Å². The lowest BCUT2D eigenvalue weighted by Crippen LogP contribution is -2.44. The lowest BCUT2D eigenvalue weighted by molar-refractivity contribution is 0.311. The average Bonchev–Trinajstić information content (AvgIpc) is 2.98. The Morgan fingerprint density at radius 1 is 1.30 bits per heavy atom. The van der Waals surface area contributed by atoms with Crippen LogP contribution in [0, 0.1) is 0 Å². The van der Waals surface area contributed by atoms with Crippen LogP contribution in [-0.4, -0.2) is 43.2 Å². The second-order valence-electron chi connectivity index (χ2n) is 5.77. The fraction of sp³-hybridized carbons (Fsp3) is 0.588. The van der Waals surface area contributed by atoms with Crippen LogP contribution in [0.15, 0.2) is 35.3 Å². The molecule has 4 nitrogen and oxygen atoms in total. The third kappa shape index (κ3) is 7.65. The normalized spacial score (nSPS) is 20.7. The van der Waals surface area contributed by atoms with Gasteiger partial charge in [-0.25, -0.2) is 0 Å². The SMILES string of the molecule is CN=C(NCCCOc1ccccc1)NCC1(C)CCCS1.I. The van der Waals surface area contributed by atoms with Gasteiger partial charge in [0.05, 0.1) is 6.61 Å². The van der Waals surface area contributed by atoms with Gasteiger partial charge in [0.25, 0.3) is 0 Å². The monoisotopic (exact) mass is 449 g/mol. The molecule has 0 saturated carbocycles. The van der Waals surface area contributed by atoms with Crippen molar-refractivity contribution in [3.05, 3.63) is 30.3 Å². The molecule has 1 fully saturated rings. The van der Waals surface area contributed by atoms with Crippen molar-refractivity contribution in [2.45, 2.75) is 30.9 Å². The Balaban J connectivity index is 0.00000264. The van der Waals surface area contributed by atoms with E-state index in [4.69, 9.17) is 4.74 Å². The zero-order valence-electron chi connectivity index (χ0n) is 14.0. The minimum atomic E-state index is 0. The molecule has 0 amide bonds. The van der Waals surface area contributed by atoms with Crippen molar-refractivity contribution in [1.82, 2.24) is 10.6 Å². The number of ether oxygens (including phenoxy) is 1. The van der Waals surface area contributed by atoms with Gasteiger partial charge in [0.15, 0.2) is 5.96 Å². The Morgan fingerprint density at radius 2 is 2.09 bits per heavy atom. The van der Waals surface area contributed by atoms with Crippen LogP contribution in [0.5, 0.6) is 5.75 Å². The minimum Gasteiger partial charge on any atom is -0.494 e. The highest BCUT2D eigenvalue weighted by Gasteiger charge is 2.29. The van der Waals surface area contributed by atoms with E-state index in [1.54, 1.807) is 0 Å². The summed E-state index contributed by atoms with van der Waals surface area (Å²) in [6, 6.07) is 9.93. The van der Waals surface area contributed by atoms with Gasteiger partial charge in [0, 0.05) is 24.9 Å². The summed E-state index contributed by atoms with van der Waals surface area (Å²) in [7, 11) is 1.82. The third-order valence-electron chi connectivity index (χ3n) is 3.78. The summed E-state index contributed by atoms with van der Waals surface area (Å²) in [6.07, 6.45) is 3.56. The summed E-state index contributed by atoms with van der Waals surface area (Å²) in [6.45, 7) is 4.87. The maximum absolute atomic E-state index is 5.68. The molecule has 1 aliphatic heterocycles. The van der Waals surface area contributed by atoms with Gasteiger partial charge < -0.3 is 15.4 Å². The summed E-state index contributed by atoms with van der Waals surface area (Å²) < 4.78 is 6.03. The first-order valence-corrected chi connectivity index (χ1v) is 8.97. The van der Waals surface area contributed by atoms with E-state index in [9.17, 15) is 0 Å². The fourth-order valence-corrected chi connectivity index (χ4v) is 3.70. The van der Waals surface area contributed by atoms with Crippen molar-refractivity contribution in [3.63, 3.8) is 0 Å².